The highest BCUT2D eigenvalue weighted by atomic mass is 16.5. The van der Waals surface area contributed by atoms with Crippen LogP contribution in [-0.2, 0) is 6.42 Å². The van der Waals surface area contributed by atoms with Gasteiger partial charge in [-0.3, -0.25) is 0 Å². The van der Waals surface area contributed by atoms with Crippen LogP contribution in [-0.4, -0.2) is 25.2 Å². The van der Waals surface area contributed by atoms with Gasteiger partial charge in [0.05, 0.1) is 12.2 Å². The predicted octanol–water partition coefficient (Wildman–Crippen LogP) is 2.58. The molecule has 3 heteroatoms. The van der Waals surface area contributed by atoms with E-state index in [9.17, 15) is 0 Å². The second-order valence-electron chi connectivity index (χ2n) is 5.57. The van der Waals surface area contributed by atoms with Gasteiger partial charge in [-0.2, -0.15) is 0 Å². The molecule has 2 N–H and O–H groups in total. The molecule has 0 aliphatic carbocycles. The summed E-state index contributed by atoms with van der Waals surface area (Å²) >= 11 is 0. The molecule has 0 radical (unpaired) electrons. The summed E-state index contributed by atoms with van der Waals surface area (Å²) in [7, 11) is 0. The topological polar surface area (TPSA) is 38.5 Å². The molecule has 0 spiro atoms. The number of ether oxygens (including phenoxy) is 1. The minimum Gasteiger partial charge on any atom is -0.484 e. The first kappa shape index (κ1) is 13.2. The van der Waals surface area contributed by atoms with Crippen molar-refractivity contribution in [1.82, 2.24) is 0 Å². The number of nitrogens with two attached hydrogens (primary N) is 1. The molecule has 1 aliphatic heterocycles. The van der Waals surface area contributed by atoms with Crippen molar-refractivity contribution in [3.8, 4) is 5.75 Å². The predicted molar refractivity (Wildman–Crippen MR) is 76.4 cm³/mol. The standard InChI is InChI=1S/C15H24N2O/c1-4-17-11-15(2,3)18-14-8-7-12(6-5-9-16)10-13(14)17/h7-8,10H,4-6,9,11,16H2,1-3H3. The Kier molecular flexibility index (Phi) is 3.81. The van der Waals surface area contributed by atoms with E-state index in [2.05, 4.69) is 43.9 Å². The Morgan fingerprint density at radius 1 is 1.39 bits per heavy atom. The molecule has 1 aliphatic rings. The van der Waals surface area contributed by atoms with Crippen LogP contribution in [0.25, 0.3) is 0 Å². The first-order chi connectivity index (χ1) is 8.55. The van der Waals surface area contributed by atoms with E-state index in [-0.39, 0.29) is 5.60 Å². The largest absolute Gasteiger partial charge is 0.484 e. The van der Waals surface area contributed by atoms with Crippen LogP contribution >= 0.6 is 0 Å². The maximum atomic E-state index is 6.04. The van der Waals surface area contributed by atoms with E-state index in [0.717, 1.165) is 38.2 Å². The molecule has 1 aromatic rings. The average Bonchev–Trinajstić information content (AvgIpc) is 2.34. The summed E-state index contributed by atoms with van der Waals surface area (Å²) in [5.41, 5.74) is 8.03. The Labute approximate surface area is 110 Å². The average molecular weight is 248 g/mol. The molecule has 0 saturated carbocycles. The van der Waals surface area contributed by atoms with Crippen molar-refractivity contribution in [1.29, 1.82) is 0 Å². The number of nitrogens with zero attached hydrogens (tertiary/aromatic N) is 1. The van der Waals surface area contributed by atoms with Crippen molar-refractivity contribution in [2.75, 3.05) is 24.5 Å². The molecular weight excluding hydrogens is 224 g/mol. The molecule has 0 aromatic heterocycles. The van der Waals surface area contributed by atoms with Gasteiger partial charge in [-0.15, -0.1) is 0 Å². The SMILES string of the molecule is CCN1CC(C)(C)Oc2ccc(CCCN)cc21. The number of hydrogen-bond acceptors (Lipinski definition) is 3. The number of hydrogen-bond donors (Lipinski definition) is 1. The summed E-state index contributed by atoms with van der Waals surface area (Å²) in [4.78, 5) is 2.39. The van der Waals surface area contributed by atoms with Crippen LogP contribution in [0.4, 0.5) is 5.69 Å². The van der Waals surface area contributed by atoms with Gasteiger partial charge in [0.1, 0.15) is 11.4 Å². The zero-order valence-electron chi connectivity index (χ0n) is 11.7. The molecule has 3 nitrogen and oxygen atoms in total. The molecule has 0 amide bonds. The van der Waals surface area contributed by atoms with Gasteiger partial charge in [0.15, 0.2) is 0 Å². The van der Waals surface area contributed by atoms with Crippen LogP contribution in [0.5, 0.6) is 5.75 Å². The highest BCUT2D eigenvalue weighted by molar-refractivity contribution is 5.62. The van der Waals surface area contributed by atoms with E-state index < -0.39 is 0 Å². The van der Waals surface area contributed by atoms with Crippen molar-refractivity contribution in [2.45, 2.75) is 39.2 Å². The molecule has 2 rings (SSSR count). The van der Waals surface area contributed by atoms with Gasteiger partial charge in [0, 0.05) is 6.54 Å². The number of benzene rings is 1. The summed E-state index contributed by atoms with van der Waals surface area (Å²) in [6, 6.07) is 6.51. The lowest BCUT2D eigenvalue weighted by atomic mass is 10.0. The Bertz CT molecular complexity index is 415. The lowest BCUT2D eigenvalue weighted by Gasteiger charge is -2.40. The van der Waals surface area contributed by atoms with Gasteiger partial charge in [-0.05, 0) is 57.9 Å². The van der Waals surface area contributed by atoms with E-state index in [1.54, 1.807) is 0 Å². The fraction of sp³-hybridized carbons (Fsp3) is 0.600. The molecule has 1 heterocycles. The van der Waals surface area contributed by atoms with Crippen molar-refractivity contribution in [3.63, 3.8) is 0 Å². The molecular formula is C15H24N2O. The van der Waals surface area contributed by atoms with Crippen molar-refractivity contribution < 1.29 is 4.74 Å². The molecule has 0 unspecified atom stereocenters. The highest BCUT2D eigenvalue weighted by Gasteiger charge is 2.30. The number of likely N-dealkylation sites (N-methyl/N-ethyl adjacent to an activating group) is 1. The molecule has 0 fully saturated rings. The zero-order valence-corrected chi connectivity index (χ0v) is 11.7. The fourth-order valence-corrected chi connectivity index (χ4v) is 2.51. The third kappa shape index (κ3) is 2.78. The highest BCUT2D eigenvalue weighted by Crippen LogP contribution is 2.37. The van der Waals surface area contributed by atoms with Crippen LogP contribution in [0.15, 0.2) is 18.2 Å². The van der Waals surface area contributed by atoms with E-state index >= 15 is 0 Å². The van der Waals surface area contributed by atoms with E-state index in [4.69, 9.17) is 10.5 Å². The van der Waals surface area contributed by atoms with Gasteiger partial charge in [0.2, 0.25) is 0 Å². The third-order valence-corrected chi connectivity index (χ3v) is 3.37. The summed E-state index contributed by atoms with van der Waals surface area (Å²) < 4.78 is 6.04. The Balaban J connectivity index is 2.27. The minimum atomic E-state index is -0.109. The van der Waals surface area contributed by atoms with Crippen LogP contribution in [0.3, 0.4) is 0 Å². The first-order valence-electron chi connectivity index (χ1n) is 6.82. The monoisotopic (exact) mass is 248 g/mol. The van der Waals surface area contributed by atoms with Crippen molar-refractivity contribution in [3.05, 3.63) is 23.8 Å². The maximum absolute atomic E-state index is 6.04. The van der Waals surface area contributed by atoms with Gasteiger partial charge >= 0.3 is 0 Å². The molecule has 1 aromatic carbocycles. The number of aryl methyl sites for hydroxylation is 1. The number of rotatable bonds is 4. The van der Waals surface area contributed by atoms with Crippen LogP contribution in [0, 0.1) is 0 Å². The smallest absolute Gasteiger partial charge is 0.143 e. The lowest BCUT2D eigenvalue weighted by Crippen LogP contribution is -2.46. The Hall–Kier alpha value is -1.22. The van der Waals surface area contributed by atoms with Gasteiger partial charge in [0.25, 0.3) is 0 Å². The Morgan fingerprint density at radius 3 is 2.83 bits per heavy atom. The summed E-state index contributed by atoms with van der Waals surface area (Å²) in [6.07, 6.45) is 2.09. The normalized spacial score (nSPS) is 17.2. The number of anilines is 1. The molecule has 0 bridgehead atoms. The van der Waals surface area contributed by atoms with Crippen LogP contribution in [0.2, 0.25) is 0 Å². The number of fused-ring (bicyclic) bond motifs is 1. The van der Waals surface area contributed by atoms with E-state index in [1.807, 2.05) is 0 Å². The van der Waals surface area contributed by atoms with E-state index in [1.165, 1.54) is 11.3 Å². The van der Waals surface area contributed by atoms with Crippen molar-refractivity contribution >= 4 is 5.69 Å². The molecule has 100 valence electrons. The van der Waals surface area contributed by atoms with Gasteiger partial charge < -0.3 is 15.4 Å². The van der Waals surface area contributed by atoms with Gasteiger partial charge in [-0.1, -0.05) is 6.07 Å². The first-order valence-corrected chi connectivity index (χ1v) is 6.82. The second-order valence-corrected chi connectivity index (χ2v) is 5.57. The Morgan fingerprint density at radius 2 is 2.17 bits per heavy atom. The van der Waals surface area contributed by atoms with Crippen LogP contribution in [0.1, 0.15) is 32.8 Å². The second kappa shape index (κ2) is 5.19. The molecule has 18 heavy (non-hydrogen) atoms. The molecule has 0 saturated heterocycles. The quantitative estimate of drug-likeness (QED) is 0.890. The van der Waals surface area contributed by atoms with E-state index in [0.29, 0.717) is 0 Å². The zero-order chi connectivity index (χ0) is 13.2. The van der Waals surface area contributed by atoms with Gasteiger partial charge in [-0.25, -0.2) is 0 Å². The maximum Gasteiger partial charge on any atom is 0.143 e. The molecule has 0 atom stereocenters. The summed E-state index contributed by atoms with van der Waals surface area (Å²) in [6.45, 7) is 9.18. The summed E-state index contributed by atoms with van der Waals surface area (Å²) in [5.74, 6) is 1.00. The third-order valence-electron chi connectivity index (χ3n) is 3.37. The minimum absolute atomic E-state index is 0.109. The lowest BCUT2D eigenvalue weighted by molar-refractivity contribution is 0.105. The fourth-order valence-electron chi connectivity index (χ4n) is 2.51. The van der Waals surface area contributed by atoms with Crippen LogP contribution < -0.4 is 15.4 Å². The summed E-state index contributed by atoms with van der Waals surface area (Å²) in [5, 5.41) is 0. The van der Waals surface area contributed by atoms with Crippen molar-refractivity contribution in [2.24, 2.45) is 5.73 Å².